The number of hydrogen-bond donors (Lipinski definition) is 0. The van der Waals surface area contributed by atoms with Crippen molar-refractivity contribution in [2.45, 2.75) is 37.5 Å². The second-order valence-corrected chi connectivity index (χ2v) is 12.9. The van der Waals surface area contributed by atoms with Gasteiger partial charge in [0.25, 0.3) is 0 Å². The summed E-state index contributed by atoms with van der Waals surface area (Å²) in [6.07, 6.45) is 6.48. The number of piperazine rings is 1. The van der Waals surface area contributed by atoms with Crippen LogP contribution in [0.3, 0.4) is 0 Å². The van der Waals surface area contributed by atoms with Crippen molar-refractivity contribution < 1.29 is 18.1 Å². The van der Waals surface area contributed by atoms with Crippen LogP contribution in [0.2, 0.25) is 5.02 Å². The van der Waals surface area contributed by atoms with E-state index in [1.54, 1.807) is 30.5 Å². The highest BCUT2D eigenvalue weighted by Crippen LogP contribution is 2.31. The normalized spacial score (nSPS) is 16.8. The van der Waals surface area contributed by atoms with E-state index in [0.29, 0.717) is 20.9 Å². The lowest BCUT2D eigenvalue weighted by Crippen LogP contribution is -2.49. The van der Waals surface area contributed by atoms with Gasteiger partial charge in [-0.2, -0.15) is 14.1 Å². The summed E-state index contributed by atoms with van der Waals surface area (Å²) in [6, 6.07) is 8.21. The molecule has 1 saturated carbocycles. The highest BCUT2D eigenvalue weighted by atomic mass is 79.9. The molecule has 12 nitrogen and oxygen atoms in total. The molecule has 3 heterocycles. The van der Waals surface area contributed by atoms with Crippen LogP contribution in [0.5, 0.6) is 5.75 Å². The van der Waals surface area contributed by atoms with Gasteiger partial charge in [-0.05, 0) is 75.8 Å². The number of nitro groups is 1. The lowest BCUT2D eigenvalue weighted by Gasteiger charge is -2.36. The molecule has 1 saturated heterocycles. The Morgan fingerprint density at radius 2 is 1.85 bits per heavy atom. The van der Waals surface area contributed by atoms with Gasteiger partial charge in [0.05, 0.1) is 33.8 Å². The molecular formula is C25H26BrClN6O6S. The minimum atomic E-state index is -3.88. The van der Waals surface area contributed by atoms with Crippen molar-refractivity contribution in [2.75, 3.05) is 31.1 Å². The van der Waals surface area contributed by atoms with E-state index in [-0.39, 0.29) is 43.6 Å². The molecule has 1 aliphatic heterocycles. The third-order valence-corrected chi connectivity index (χ3v) is 9.44. The maximum absolute atomic E-state index is 13.6. The lowest BCUT2D eigenvalue weighted by atomic mass is 10.2. The Bertz CT molecular complexity index is 1590. The van der Waals surface area contributed by atoms with Crippen molar-refractivity contribution in [3.05, 3.63) is 78.3 Å². The number of benzene rings is 1. The number of anilines is 1. The fraction of sp³-hybridized carbons (Fsp3) is 0.400. The van der Waals surface area contributed by atoms with Crippen molar-refractivity contribution in [3.8, 4) is 11.4 Å². The molecule has 0 unspecified atom stereocenters. The lowest BCUT2D eigenvalue weighted by molar-refractivity contribution is -0.390. The largest absolute Gasteiger partial charge is 0.483 e. The summed E-state index contributed by atoms with van der Waals surface area (Å²) in [6.45, 7) is 0.804. The maximum atomic E-state index is 13.6. The number of rotatable bonds is 8. The number of sulfonamides is 1. The Morgan fingerprint density at radius 3 is 2.52 bits per heavy atom. The average Bonchev–Trinajstić information content (AvgIpc) is 3.43. The van der Waals surface area contributed by atoms with Crippen LogP contribution in [-0.2, 0) is 15.8 Å². The van der Waals surface area contributed by atoms with E-state index in [1.165, 1.54) is 21.3 Å². The first-order chi connectivity index (χ1) is 19.1. The van der Waals surface area contributed by atoms with Gasteiger partial charge in [-0.25, -0.2) is 8.42 Å². The first-order valence-electron chi connectivity index (χ1n) is 12.7. The molecule has 0 radical (unpaired) electrons. The van der Waals surface area contributed by atoms with Crippen LogP contribution in [-0.4, -0.2) is 64.7 Å². The summed E-state index contributed by atoms with van der Waals surface area (Å²) in [5.41, 5.74) is 0.588. The van der Waals surface area contributed by atoms with Crippen LogP contribution in [0, 0.1) is 10.1 Å². The van der Waals surface area contributed by atoms with Gasteiger partial charge in [-0.1, -0.05) is 17.7 Å². The molecule has 2 aromatic heterocycles. The van der Waals surface area contributed by atoms with Gasteiger partial charge in [0.2, 0.25) is 15.8 Å². The maximum Gasteiger partial charge on any atom is 0.367 e. The minimum Gasteiger partial charge on any atom is -0.483 e. The molecule has 15 heteroatoms. The fourth-order valence-corrected chi connectivity index (χ4v) is 7.04. The summed E-state index contributed by atoms with van der Waals surface area (Å²) < 4.78 is 35.7. The second-order valence-electron chi connectivity index (χ2n) is 9.62. The predicted octanol–water partition coefficient (Wildman–Crippen LogP) is 3.93. The predicted molar refractivity (Wildman–Crippen MR) is 153 cm³/mol. The Hall–Kier alpha value is -3.07. The average molecular weight is 654 g/mol. The summed E-state index contributed by atoms with van der Waals surface area (Å²) >= 11 is 9.33. The van der Waals surface area contributed by atoms with Gasteiger partial charge in [0.15, 0.2) is 6.20 Å². The molecule has 5 rings (SSSR count). The summed E-state index contributed by atoms with van der Waals surface area (Å²) in [7, 11) is -3.88. The Morgan fingerprint density at radius 1 is 1.12 bits per heavy atom. The topological polar surface area (TPSA) is 141 Å². The van der Waals surface area contributed by atoms with Crippen molar-refractivity contribution in [3.63, 3.8) is 0 Å². The zero-order valence-corrected chi connectivity index (χ0v) is 24.4. The SMILES string of the molecule is O=c1c(OC2CCCC2)c(N2CCN(S(=O)(=O)Cc3cc(Br)cnc3[N+](=O)[O-])CC2)cnn1-c1cccc(Cl)c1. The van der Waals surface area contributed by atoms with Crippen molar-refractivity contribution >= 4 is 49.1 Å². The number of ether oxygens (including phenoxy) is 1. The van der Waals surface area contributed by atoms with E-state index in [4.69, 9.17) is 16.3 Å². The first kappa shape index (κ1) is 28.5. The highest BCUT2D eigenvalue weighted by molar-refractivity contribution is 9.10. The van der Waals surface area contributed by atoms with Crippen molar-refractivity contribution in [1.29, 1.82) is 0 Å². The third-order valence-electron chi connectivity index (χ3n) is 6.95. The molecule has 0 N–H and O–H groups in total. The Balaban J connectivity index is 1.38. The van der Waals surface area contributed by atoms with Crippen LogP contribution >= 0.6 is 27.5 Å². The molecule has 1 aliphatic carbocycles. The summed E-state index contributed by atoms with van der Waals surface area (Å²) in [4.78, 5) is 29.9. The van der Waals surface area contributed by atoms with E-state index in [1.807, 2.05) is 4.90 Å². The number of pyridine rings is 1. The number of nitrogens with zero attached hydrogens (tertiary/aromatic N) is 6. The fourth-order valence-electron chi connectivity index (χ4n) is 4.97. The number of halogens is 2. The standard InChI is InChI=1S/C25H26BrClN6O6S/c26-18-12-17(24(28-14-18)33(35)36)16-40(37,38)31-10-8-30(9-11-31)22-15-29-32(20-5-3-4-19(27)13-20)25(34)23(22)39-21-6-1-2-7-21/h3-5,12-15,21H,1-2,6-11,16H2. The monoisotopic (exact) mass is 652 g/mol. The minimum absolute atomic E-state index is 0.00267. The molecule has 0 atom stereocenters. The molecule has 2 fully saturated rings. The Labute approximate surface area is 243 Å². The molecule has 40 heavy (non-hydrogen) atoms. The molecule has 1 aromatic carbocycles. The molecule has 2 aliphatic rings. The Kier molecular flexibility index (Phi) is 8.40. The molecule has 3 aromatic rings. The molecule has 0 amide bonds. The number of aromatic nitrogens is 3. The zero-order valence-electron chi connectivity index (χ0n) is 21.3. The van der Waals surface area contributed by atoms with Gasteiger partial charge in [0, 0.05) is 31.2 Å². The molecular weight excluding hydrogens is 628 g/mol. The summed E-state index contributed by atoms with van der Waals surface area (Å²) in [5, 5.41) is 16.2. The molecule has 0 bridgehead atoms. The summed E-state index contributed by atoms with van der Waals surface area (Å²) in [5.74, 6) is -0.872. The van der Waals surface area contributed by atoms with Gasteiger partial charge < -0.3 is 19.8 Å². The smallest absolute Gasteiger partial charge is 0.367 e. The first-order valence-corrected chi connectivity index (χ1v) is 15.5. The second kappa shape index (κ2) is 11.8. The molecule has 0 spiro atoms. The van der Waals surface area contributed by atoms with Crippen molar-refractivity contribution in [1.82, 2.24) is 19.1 Å². The third kappa shape index (κ3) is 6.14. The van der Waals surface area contributed by atoms with Crippen LogP contribution < -0.4 is 15.2 Å². The van der Waals surface area contributed by atoms with Gasteiger partial charge in [-0.15, -0.1) is 0 Å². The van der Waals surface area contributed by atoms with Gasteiger partial charge in [-0.3, -0.25) is 4.79 Å². The van der Waals surface area contributed by atoms with Crippen LogP contribution in [0.25, 0.3) is 5.69 Å². The quantitative estimate of drug-likeness (QED) is 0.261. The van der Waals surface area contributed by atoms with Crippen molar-refractivity contribution in [2.24, 2.45) is 0 Å². The van der Waals surface area contributed by atoms with E-state index in [0.717, 1.165) is 25.7 Å². The van der Waals surface area contributed by atoms with Gasteiger partial charge >= 0.3 is 11.4 Å². The van der Waals surface area contributed by atoms with E-state index in [9.17, 15) is 23.3 Å². The molecule has 212 valence electrons. The van der Waals surface area contributed by atoms with Gasteiger partial charge in [0.1, 0.15) is 5.69 Å². The van der Waals surface area contributed by atoms with Crippen LogP contribution in [0.1, 0.15) is 31.2 Å². The van der Waals surface area contributed by atoms with E-state index < -0.39 is 32.1 Å². The van der Waals surface area contributed by atoms with Crippen LogP contribution in [0.15, 0.2) is 52.0 Å². The van der Waals surface area contributed by atoms with E-state index >= 15 is 0 Å². The van der Waals surface area contributed by atoms with E-state index in [2.05, 4.69) is 26.0 Å². The zero-order chi connectivity index (χ0) is 28.4. The highest BCUT2D eigenvalue weighted by Gasteiger charge is 2.32. The number of hydrogen-bond acceptors (Lipinski definition) is 9. The van der Waals surface area contributed by atoms with Crippen LogP contribution in [0.4, 0.5) is 11.5 Å².